The molecule has 1 saturated heterocycles. The number of carbonyl (C=O) groups excluding carboxylic acids is 2. The molecule has 1 aliphatic carbocycles. The minimum Gasteiger partial charge on any atom is -0.497 e. The summed E-state index contributed by atoms with van der Waals surface area (Å²) >= 11 is 22.0. The van der Waals surface area contributed by atoms with E-state index in [4.69, 9.17) is 58.5 Å². The lowest BCUT2D eigenvalue weighted by atomic mass is 9.82. The highest BCUT2D eigenvalue weighted by Gasteiger charge is 2.50. The van der Waals surface area contributed by atoms with E-state index in [-0.39, 0.29) is 18.0 Å². The number of rotatable bonds is 14. The normalized spacial score (nSPS) is 18.7. The van der Waals surface area contributed by atoms with E-state index >= 15 is 0 Å². The van der Waals surface area contributed by atoms with Crippen LogP contribution in [0, 0.1) is 0 Å². The molecule has 0 radical (unpaired) electrons. The quantitative estimate of drug-likeness (QED) is 0.129. The summed E-state index contributed by atoms with van der Waals surface area (Å²) in [6.45, 7) is 5.36. The third-order valence-electron chi connectivity index (χ3n) is 9.56. The van der Waals surface area contributed by atoms with Crippen molar-refractivity contribution in [3.63, 3.8) is 0 Å². The summed E-state index contributed by atoms with van der Waals surface area (Å²) in [7, 11) is 1.61. The van der Waals surface area contributed by atoms with E-state index in [9.17, 15) is 9.59 Å². The first-order valence-corrected chi connectivity index (χ1v) is 19.5. The van der Waals surface area contributed by atoms with Crippen LogP contribution in [0.5, 0.6) is 23.0 Å². The number of nitrogens with one attached hydrogen (secondary N) is 1. The van der Waals surface area contributed by atoms with Crippen LogP contribution in [0.4, 0.5) is 4.79 Å². The predicted molar refractivity (Wildman–Crippen MR) is 209 cm³/mol. The van der Waals surface area contributed by atoms with Crippen molar-refractivity contribution in [1.82, 2.24) is 15.1 Å². The van der Waals surface area contributed by atoms with E-state index in [0.717, 1.165) is 39.9 Å². The van der Waals surface area contributed by atoms with E-state index in [1.807, 2.05) is 77.7 Å². The zero-order valence-electron chi connectivity index (χ0n) is 29.8. The van der Waals surface area contributed by atoms with Gasteiger partial charge in [-0.1, -0.05) is 62.9 Å². The van der Waals surface area contributed by atoms with Crippen LogP contribution < -0.4 is 24.3 Å². The Morgan fingerprint density at radius 2 is 1.38 bits per heavy atom. The number of ether oxygens (including phenoxy) is 5. The number of fused-ring (bicyclic) bond motifs is 2. The van der Waals surface area contributed by atoms with Gasteiger partial charge in [-0.25, -0.2) is 4.79 Å². The molecule has 2 bridgehead atoms. The monoisotopic (exact) mass is 849 g/mol. The number of piperazine rings is 1. The average molecular weight is 852 g/mol. The van der Waals surface area contributed by atoms with Crippen LogP contribution in [0.15, 0.2) is 82.8 Å². The third-order valence-corrected chi connectivity index (χ3v) is 11.5. The molecule has 0 aromatic heterocycles. The van der Waals surface area contributed by atoms with E-state index < -0.39 is 21.5 Å². The summed E-state index contributed by atoms with van der Waals surface area (Å²) in [5.74, 6) is 2.70. The van der Waals surface area contributed by atoms with Gasteiger partial charge < -0.3 is 33.9 Å². The Balaban J connectivity index is 1.25. The number of benzene rings is 3. The molecule has 3 aliphatic rings. The molecule has 0 spiro atoms. The first-order valence-electron chi connectivity index (χ1n) is 17.6. The van der Waals surface area contributed by atoms with Crippen molar-refractivity contribution in [1.29, 1.82) is 0 Å². The van der Waals surface area contributed by atoms with Gasteiger partial charge in [-0.2, -0.15) is 0 Å². The lowest BCUT2D eigenvalue weighted by Crippen LogP contribution is -2.64. The number of methoxy groups -OCH3 is 1. The molecule has 2 heterocycles. The largest absolute Gasteiger partial charge is 0.497 e. The van der Waals surface area contributed by atoms with Crippen molar-refractivity contribution >= 4 is 68.3 Å². The number of carbonyl (C=O) groups is 2. The Bertz CT molecular complexity index is 1760. The fourth-order valence-corrected chi connectivity index (χ4v) is 6.85. The van der Waals surface area contributed by atoms with Crippen molar-refractivity contribution in [2.24, 2.45) is 0 Å². The Morgan fingerprint density at radius 3 is 1.94 bits per heavy atom. The first-order chi connectivity index (χ1) is 25.3. The molecule has 2 atom stereocenters. The van der Waals surface area contributed by atoms with E-state index in [1.165, 1.54) is 0 Å². The number of halogens is 4. The second-order valence-corrected chi connectivity index (χ2v) is 16.8. The van der Waals surface area contributed by atoms with Gasteiger partial charge in [0.05, 0.1) is 25.7 Å². The Kier molecular flexibility index (Phi) is 12.6. The lowest BCUT2D eigenvalue weighted by molar-refractivity contribution is -0.129. The van der Waals surface area contributed by atoms with E-state index in [1.54, 1.807) is 25.9 Å². The maximum atomic E-state index is 14.9. The molecule has 2 amide bonds. The van der Waals surface area contributed by atoms with Gasteiger partial charge in [0, 0.05) is 29.2 Å². The van der Waals surface area contributed by atoms with Gasteiger partial charge in [0.1, 0.15) is 42.8 Å². The average Bonchev–Trinajstić information content (AvgIpc) is 3.97. The van der Waals surface area contributed by atoms with Crippen LogP contribution in [0.3, 0.4) is 0 Å². The maximum Gasteiger partial charge on any atom is 0.411 e. The molecule has 284 valence electrons. The Labute approximate surface area is 333 Å². The molecule has 10 nitrogen and oxygen atoms in total. The summed E-state index contributed by atoms with van der Waals surface area (Å²) in [5.41, 5.74) is 0.861. The van der Waals surface area contributed by atoms with Crippen LogP contribution in [0.1, 0.15) is 38.7 Å². The van der Waals surface area contributed by atoms with Crippen LogP contribution >= 0.6 is 50.7 Å². The van der Waals surface area contributed by atoms with Gasteiger partial charge >= 0.3 is 6.09 Å². The number of hydrogen-bond acceptors (Lipinski definition) is 8. The number of amides is 2. The lowest BCUT2D eigenvalue weighted by Gasteiger charge is -2.48. The topological polar surface area (TPSA) is 98.8 Å². The molecule has 53 heavy (non-hydrogen) atoms. The number of alkyl halides is 3. The highest BCUT2D eigenvalue weighted by molar-refractivity contribution is 9.10. The SMILES string of the molecule is COc1ccc(OCCN(C(=O)C2=C(c3ccc(OCCOc4ccc(Br)cc4)cc3)CC3CNCC2N3C(=O)OC(C)(C)C(Cl)(Cl)Cl)C2CC2)cc1. The van der Waals surface area contributed by atoms with E-state index in [2.05, 4.69) is 21.2 Å². The molecule has 2 fully saturated rings. The van der Waals surface area contributed by atoms with Crippen molar-refractivity contribution in [2.75, 3.05) is 46.6 Å². The fraction of sp³-hybridized carbons (Fsp3) is 0.436. The summed E-state index contributed by atoms with van der Waals surface area (Å²) in [5, 5.41) is 3.43. The van der Waals surface area contributed by atoms with Gasteiger partial charge in [0.15, 0.2) is 5.60 Å². The summed E-state index contributed by atoms with van der Waals surface area (Å²) in [6.07, 6.45) is 1.56. The van der Waals surface area contributed by atoms with Crippen molar-refractivity contribution in [3.05, 3.63) is 88.4 Å². The second-order valence-electron chi connectivity index (χ2n) is 13.6. The van der Waals surface area contributed by atoms with Crippen LogP contribution in [-0.4, -0.2) is 95.9 Å². The zero-order chi connectivity index (χ0) is 37.8. The predicted octanol–water partition coefficient (Wildman–Crippen LogP) is 8.07. The van der Waals surface area contributed by atoms with Gasteiger partial charge in [0.2, 0.25) is 3.79 Å². The first kappa shape index (κ1) is 39.3. The number of nitrogens with zero attached hydrogens (tertiary/aromatic N) is 2. The summed E-state index contributed by atoms with van der Waals surface area (Å²) < 4.78 is 28.0. The molecular weight excluding hydrogens is 809 g/mol. The van der Waals surface area contributed by atoms with Gasteiger partial charge in [-0.05, 0) is 105 Å². The molecule has 3 aromatic rings. The highest BCUT2D eigenvalue weighted by atomic mass is 79.9. The third kappa shape index (κ3) is 9.67. The van der Waals surface area contributed by atoms with E-state index in [0.29, 0.717) is 62.9 Å². The Hall–Kier alpha value is -3.35. The van der Waals surface area contributed by atoms with Gasteiger partial charge in [-0.15, -0.1) is 0 Å². The smallest absolute Gasteiger partial charge is 0.411 e. The summed E-state index contributed by atoms with van der Waals surface area (Å²) in [6, 6.07) is 21.8. The zero-order valence-corrected chi connectivity index (χ0v) is 33.6. The minimum absolute atomic E-state index is 0.0732. The highest BCUT2D eigenvalue weighted by Crippen LogP contribution is 2.43. The molecule has 14 heteroatoms. The molecule has 2 aliphatic heterocycles. The molecule has 6 rings (SSSR count). The van der Waals surface area contributed by atoms with Crippen LogP contribution in [0.25, 0.3) is 5.57 Å². The van der Waals surface area contributed by atoms with Gasteiger partial charge in [-0.3, -0.25) is 9.69 Å². The second kappa shape index (κ2) is 17.0. The molecule has 3 aromatic carbocycles. The molecular formula is C39H43BrCl3N3O7. The molecule has 2 unspecified atom stereocenters. The molecule has 1 N–H and O–H groups in total. The fourth-order valence-electron chi connectivity index (χ4n) is 6.47. The Morgan fingerprint density at radius 1 is 0.830 bits per heavy atom. The van der Waals surface area contributed by atoms with Crippen molar-refractivity contribution in [2.45, 2.75) is 60.6 Å². The van der Waals surface area contributed by atoms with Gasteiger partial charge in [0.25, 0.3) is 5.91 Å². The van der Waals surface area contributed by atoms with Crippen molar-refractivity contribution in [3.8, 4) is 23.0 Å². The minimum atomic E-state index is -1.87. The molecule has 1 saturated carbocycles. The number of hydrogen-bond donors (Lipinski definition) is 1. The van der Waals surface area contributed by atoms with Crippen LogP contribution in [-0.2, 0) is 9.53 Å². The van der Waals surface area contributed by atoms with Crippen LogP contribution in [0.2, 0.25) is 0 Å². The maximum absolute atomic E-state index is 14.9. The van der Waals surface area contributed by atoms with Crippen molar-refractivity contribution < 1.29 is 33.3 Å². The standard InChI is InChI=1S/C39H43BrCl3N3O7/c1-38(2,39(41,42)43)53-37(48)46-28-22-33(25-4-10-30(11-5-25)51-20-21-52-31-12-6-26(40)7-13-31)35(34(46)24-44-23-28)36(47)45(27-8-9-27)18-19-50-32-16-14-29(49-3)15-17-32/h4-7,10-17,27-28,34,44H,8-9,18-24H2,1-3H3. The summed E-state index contributed by atoms with van der Waals surface area (Å²) in [4.78, 5) is 32.3.